The molecule has 0 atom stereocenters. The number of hydrogen-bond acceptors (Lipinski definition) is 4. The van der Waals surface area contributed by atoms with Gasteiger partial charge in [-0.25, -0.2) is 13.8 Å². The van der Waals surface area contributed by atoms with E-state index < -0.39 is 11.6 Å². The van der Waals surface area contributed by atoms with Gasteiger partial charge in [0.15, 0.2) is 0 Å². The fourth-order valence-electron chi connectivity index (χ4n) is 2.90. The van der Waals surface area contributed by atoms with Gasteiger partial charge in [-0.2, -0.15) is 0 Å². The maximum Gasteiger partial charge on any atom is 0.258 e. The standard InChI is InChI=1S/C20H13ClF2N4O/c21-15-7-14-18(8-16(15)24)26-19(27-20(14)28)3-10-1-2-17(25-9-10)11-4-12(22)6-13(23)5-11/h1-2,4-9H,3,24H2,(H,26,27,28). The first kappa shape index (κ1) is 18.1. The highest BCUT2D eigenvalue weighted by Gasteiger charge is 2.09. The van der Waals surface area contributed by atoms with E-state index in [1.54, 1.807) is 24.4 Å². The minimum absolute atomic E-state index is 0.293. The van der Waals surface area contributed by atoms with Gasteiger partial charge in [-0.05, 0) is 35.9 Å². The summed E-state index contributed by atoms with van der Waals surface area (Å²) in [4.78, 5) is 23.7. The molecule has 0 amide bonds. The number of hydrogen-bond donors (Lipinski definition) is 2. The summed E-state index contributed by atoms with van der Waals surface area (Å²) in [6, 6.07) is 9.67. The zero-order chi connectivity index (χ0) is 19.8. The summed E-state index contributed by atoms with van der Waals surface area (Å²) in [5, 5.41) is 0.644. The Labute approximate surface area is 162 Å². The monoisotopic (exact) mass is 398 g/mol. The minimum atomic E-state index is -0.668. The second-order valence-corrected chi connectivity index (χ2v) is 6.70. The van der Waals surface area contributed by atoms with Crippen LogP contribution in [0.1, 0.15) is 11.4 Å². The van der Waals surface area contributed by atoms with E-state index in [1.807, 2.05) is 0 Å². The Morgan fingerprint density at radius 3 is 2.50 bits per heavy atom. The summed E-state index contributed by atoms with van der Waals surface area (Å²) in [6.45, 7) is 0. The highest BCUT2D eigenvalue weighted by atomic mass is 35.5. The molecule has 0 bridgehead atoms. The zero-order valence-electron chi connectivity index (χ0n) is 14.3. The predicted molar refractivity (Wildman–Crippen MR) is 104 cm³/mol. The van der Waals surface area contributed by atoms with Gasteiger partial charge in [0, 0.05) is 24.2 Å². The number of nitrogens with two attached hydrogens (primary N) is 1. The lowest BCUT2D eigenvalue weighted by atomic mass is 10.1. The smallest absolute Gasteiger partial charge is 0.258 e. The van der Waals surface area contributed by atoms with Gasteiger partial charge in [0.05, 0.1) is 27.3 Å². The molecule has 0 aliphatic carbocycles. The number of fused-ring (bicyclic) bond motifs is 1. The number of halogens is 3. The maximum atomic E-state index is 13.4. The SMILES string of the molecule is Nc1cc2nc(Cc3ccc(-c4cc(F)cc(F)c4)nc3)[nH]c(=O)c2cc1Cl. The summed E-state index contributed by atoms with van der Waals surface area (Å²) in [5.74, 6) is -0.901. The average molecular weight is 399 g/mol. The zero-order valence-corrected chi connectivity index (χ0v) is 15.1. The van der Waals surface area contributed by atoms with Crippen LogP contribution < -0.4 is 11.3 Å². The molecule has 4 rings (SSSR count). The number of anilines is 1. The van der Waals surface area contributed by atoms with Crippen molar-refractivity contribution in [3.63, 3.8) is 0 Å². The molecule has 8 heteroatoms. The number of nitrogens with zero attached hydrogens (tertiary/aromatic N) is 2. The van der Waals surface area contributed by atoms with Gasteiger partial charge in [0.2, 0.25) is 0 Å². The van der Waals surface area contributed by atoms with Crippen molar-refractivity contribution in [1.82, 2.24) is 15.0 Å². The highest BCUT2D eigenvalue weighted by molar-refractivity contribution is 6.33. The molecule has 0 fully saturated rings. The quantitative estimate of drug-likeness (QED) is 0.509. The largest absolute Gasteiger partial charge is 0.397 e. The summed E-state index contributed by atoms with van der Waals surface area (Å²) in [5.41, 5.74) is 7.80. The van der Waals surface area contributed by atoms with Gasteiger partial charge < -0.3 is 10.7 Å². The molecule has 0 radical (unpaired) electrons. The highest BCUT2D eigenvalue weighted by Crippen LogP contribution is 2.23. The Morgan fingerprint density at radius 1 is 1.07 bits per heavy atom. The Morgan fingerprint density at radius 2 is 1.82 bits per heavy atom. The fourth-order valence-corrected chi connectivity index (χ4v) is 3.07. The summed E-state index contributed by atoms with van der Waals surface area (Å²) < 4.78 is 26.7. The van der Waals surface area contributed by atoms with E-state index in [0.717, 1.165) is 11.6 Å². The van der Waals surface area contributed by atoms with Crippen molar-refractivity contribution < 1.29 is 8.78 Å². The van der Waals surface area contributed by atoms with Crippen LogP contribution in [0.2, 0.25) is 5.02 Å². The van der Waals surface area contributed by atoms with Crippen molar-refractivity contribution in [2.24, 2.45) is 0 Å². The van der Waals surface area contributed by atoms with E-state index in [2.05, 4.69) is 15.0 Å². The van der Waals surface area contributed by atoms with Gasteiger partial charge in [-0.3, -0.25) is 9.78 Å². The van der Waals surface area contributed by atoms with Crippen molar-refractivity contribution in [3.05, 3.63) is 87.1 Å². The van der Waals surface area contributed by atoms with Crippen LogP contribution in [0.5, 0.6) is 0 Å². The first-order valence-corrected chi connectivity index (χ1v) is 8.66. The van der Waals surface area contributed by atoms with Crippen molar-refractivity contribution in [3.8, 4) is 11.3 Å². The lowest BCUT2D eigenvalue weighted by Crippen LogP contribution is -2.12. The van der Waals surface area contributed by atoms with E-state index in [0.29, 0.717) is 45.1 Å². The van der Waals surface area contributed by atoms with Gasteiger partial charge in [-0.15, -0.1) is 0 Å². The van der Waals surface area contributed by atoms with E-state index in [-0.39, 0.29) is 5.56 Å². The summed E-state index contributed by atoms with van der Waals surface area (Å²) in [6.07, 6.45) is 1.89. The van der Waals surface area contributed by atoms with Crippen molar-refractivity contribution in [2.45, 2.75) is 6.42 Å². The van der Waals surface area contributed by atoms with Crippen molar-refractivity contribution >= 4 is 28.2 Å². The topological polar surface area (TPSA) is 84.7 Å². The van der Waals surface area contributed by atoms with E-state index in [9.17, 15) is 13.6 Å². The van der Waals surface area contributed by atoms with Crippen LogP contribution in [0, 0.1) is 11.6 Å². The van der Waals surface area contributed by atoms with Crippen LogP contribution in [0.15, 0.2) is 53.5 Å². The molecule has 3 N–H and O–H groups in total. The van der Waals surface area contributed by atoms with Crippen molar-refractivity contribution in [1.29, 1.82) is 0 Å². The summed E-state index contributed by atoms with van der Waals surface area (Å²) >= 11 is 5.95. The molecular formula is C20H13ClF2N4O. The van der Waals surface area contributed by atoms with Crippen LogP contribution in [0.25, 0.3) is 22.2 Å². The lowest BCUT2D eigenvalue weighted by molar-refractivity contribution is 0.584. The van der Waals surface area contributed by atoms with Gasteiger partial charge in [0.1, 0.15) is 17.5 Å². The molecule has 0 spiro atoms. The Hall–Kier alpha value is -3.32. The van der Waals surface area contributed by atoms with E-state index in [1.165, 1.54) is 18.2 Å². The molecule has 2 heterocycles. The molecule has 0 saturated carbocycles. The normalized spacial score (nSPS) is 11.1. The van der Waals surface area contributed by atoms with Crippen LogP contribution in [-0.2, 0) is 6.42 Å². The number of H-pyrrole nitrogens is 1. The van der Waals surface area contributed by atoms with E-state index >= 15 is 0 Å². The molecular weight excluding hydrogens is 386 g/mol. The van der Waals surface area contributed by atoms with Crippen LogP contribution in [0.3, 0.4) is 0 Å². The second kappa shape index (κ2) is 7.01. The number of aromatic nitrogens is 3. The van der Waals surface area contributed by atoms with Gasteiger partial charge >= 0.3 is 0 Å². The first-order valence-electron chi connectivity index (χ1n) is 8.28. The molecule has 0 aliphatic heterocycles. The van der Waals surface area contributed by atoms with Crippen LogP contribution in [-0.4, -0.2) is 15.0 Å². The van der Waals surface area contributed by atoms with Crippen molar-refractivity contribution in [2.75, 3.05) is 5.73 Å². The fraction of sp³-hybridized carbons (Fsp3) is 0.0500. The van der Waals surface area contributed by atoms with Crippen LogP contribution in [0.4, 0.5) is 14.5 Å². The molecule has 28 heavy (non-hydrogen) atoms. The number of aromatic amines is 1. The molecule has 0 saturated heterocycles. The average Bonchev–Trinajstić information content (AvgIpc) is 2.63. The second-order valence-electron chi connectivity index (χ2n) is 6.29. The summed E-state index contributed by atoms with van der Waals surface area (Å²) in [7, 11) is 0. The van der Waals surface area contributed by atoms with Crippen LogP contribution >= 0.6 is 11.6 Å². The number of benzene rings is 2. The Kier molecular flexibility index (Phi) is 4.52. The number of rotatable bonds is 3. The molecule has 2 aromatic heterocycles. The Bertz CT molecular complexity index is 1240. The molecule has 140 valence electrons. The number of nitrogens with one attached hydrogen (secondary N) is 1. The number of pyridine rings is 1. The maximum absolute atomic E-state index is 13.4. The minimum Gasteiger partial charge on any atom is -0.397 e. The molecule has 2 aromatic carbocycles. The third kappa shape index (κ3) is 3.57. The predicted octanol–water partition coefficient (Wildman–Crippen LogP) is 4.09. The van der Waals surface area contributed by atoms with E-state index in [4.69, 9.17) is 17.3 Å². The molecule has 5 nitrogen and oxygen atoms in total. The Balaban J connectivity index is 1.64. The third-order valence-electron chi connectivity index (χ3n) is 4.23. The van der Waals surface area contributed by atoms with Gasteiger partial charge in [0.25, 0.3) is 5.56 Å². The number of nitrogen functional groups attached to an aromatic ring is 1. The molecule has 0 unspecified atom stereocenters. The lowest BCUT2D eigenvalue weighted by Gasteiger charge is -2.06. The molecule has 4 aromatic rings. The van der Waals surface area contributed by atoms with Gasteiger partial charge in [-0.1, -0.05) is 17.7 Å². The molecule has 0 aliphatic rings. The third-order valence-corrected chi connectivity index (χ3v) is 4.55. The first-order chi connectivity index (χ1) is 13.4.